The first kappa shape index (κ1) is 22.5. The molecule has 2 aromatic heterocycles. The number of halogens is 1. The average molecular weight is 460 g/mol. The van der Waals surface area contributed by atoms with E-state index in [4.69, 9.17) is 10.5 Å². The van der Waals surface area contributed by atoms with Crippen LogP contribution >= 0.6 is 0 Å². The molecule has 6 N–H and O–H groups in total. The van der Waals surface area contributed by atoms with Gasteiger partial charge < -0.3 is 31.1 Å². The lowest BCUT2D eigenvalue weighted by molar-refractivity contribution is -0.145. The van der Waals surface area contributed by atoms with Crippen molar-refractivity contribution in [1.82, 2.24) is 19.5 Å². The van der Waals surface area contributed by atoms with E-state index in [1.807, 2.05) is 0 Å². The second-order valence-corrected chi connectivity index (χ2v) is 7.64. The molecule has 1 aliphatic heterocycles. The van der Waals surface area contributed by atoms with Gasteiger partial charge in [0, 0.05) is 12.1 Å². The Labute approximate surface area is 185 Å². The van der Waals surface area contributed by atoms with Gasteiger partial charge in [-0.3, -0.25) is 14.2 Å². The van der Waals surface area contributed by atoms with Gasteiger partial charge in [-0.05, 0) is 18.6 Å². The van der Waals surface area contributed by atoms with E-state index in [0.717, 1.165) is 0 Å². The van der Waals surface area contributed by atoms with Gasteiger partial charge in [-0.15, -0.1) is 0 Å². The Morgan fingerprint density at radius 2 is 1.94 bits per heavy atom. The second kappa shape index (κ2) is 9.05. The molecule has 1 saturated heterocycles. The normalized spacial score (nSPS) is 23.5. The number of nitrogen functional groups attached to an aromatic ring is 1. The number of fused-ring (bicyclic) bond motifs is 1. The molecular formula is C20H21FN6O6. The van der Waals surface area contributed by atoms with Crippen LogP contribution in [0.1, 0.15) is 19.1 Å². The second-order valence-electron chi connectivity index (χ2n) is 7.64. The molecule has 1 aromatic carbocycles. The van der Waals surface area contributed by atoms with Gasteiger partial charge in [0.1, 0.15) is 12.2 Å². The molecule has 0 aliphatic carbocycles. The maximum Gasteiger partial charge on any atom is 0.312 e. The van der Waals surface area contributed by atoms with Crippen LogP contribution in [0.4, 0.5) is 15.9 Å². The fourth-order valence-corrected chi connectivity index (χ4v) is 3.76. The first-order valence-electron chi connectivity index (χ1n) is 9.99. The number of carbonyl (C=O) groups is 2. The summed E-state index contributed by atoms with van der Waals surface area (Å²) in [7, 11) is 0. The lowest BCUT2D eigenvalue weighted by Gasteiger charge is -2.19. The van der Waals surface area contributed by atoms with Gasteiger partial charge in [-0.1, -0.05) is 18.2 Å². The van der Waals surface area contributed by atoms with Crippen LogP contribution < -0.4 is 11.1 Å². The number of imidazole rings is 1. The van der Waals surface area contributed by atoms with E-state index in [2.05, 4.69) is 20.3 Å². The van der Waals surface area contributed by atoms with E-state index in [0.29, 0.717) is 5.69 Å². The van der Waals surface area contributed by atoms with E-state index in [1.165, 1.54) is 10.9 Å². The van der Waals surface area contributed by atoms with Crippen molar-refractivity contribution >= 4 is 34.5 Å². The molecule has 5 atom stereocenters. The van der Waals surface area contributed by atoms with Gasteiger partial charge in [0.25, 0.3) is 0 Å². The number of benzene rings is 1. The van der Waals surface area contributed by atoms with Crippen LogP contribution in [0, 0.1) is 12.0 Å². The molecule has 12 nitrogen and oxygen atoms in total. The summed E-state index contributed by atoms with van der Waals surface area (Å²) in [6.07, 6.45) is -5.89. The van der Waals surface area contributed by atoms with Crippen molar-refractivity contribution in [3.05, 3.63) is 42.7 Å². The summed E-state index contributed by atoms with van der Waals surface area (Å²) >= 11 is 0. The number of para-hydroxylation sites is 1. The Kier molecular flexibility index (Phi) is 6.18. The highest BCUT2D eigenvalue weighted by Crippen LogP contribution is 2.35. The molecule has 174 valence electrons. The highest BCUT2D eigenvalue weighted by Gasteiger charge is 2.46. The quantitative estimate of drug-likeness (QED) is 0.307. The molecule has 1 aliphatic rings. The summed E-state index contributed by atoms with van der Waals surface area (Å²) in [5.41, 5.74) is 6.16. The van der Waals surface area contributed by atoms with Crippen LogP contribution in [0.3, 0.4) is 0 Å². The van der Waals surface area contributed by atoms with Crippen LogP contribution in [-0.4, -0.2) is 65.0 Å². The van der Waals surface area contributed by atoms with E-state index >= 15 is 0 Å². The topological polar surface area (TPSA) is 186 Å². The number of ether oxygens (including phenoxy) is 1. The number of nitrogens with two attached hydrogens (primary N) is 1. The number of aliphatic carboxylic acids is 1. The number of carbonyl (C=O) groups excluding carboxylic acids is 1. The fraction of sp³-hybridized carbons (Fsp3) is 0.350. The average Bonchev–Trinajstić information content (AvgIpc) is 3.30. The predicted molar refractivity (Wildman–Crippen MR) is 111 cm³/mol. The molecule has 1 fully saturated rings. The van der Waals surface area contributed by atoms with Crippen LogP contribution in [0.2, 0.25) is 0 Å². The zero-order valence-electron chi connectivity index (χ0n) is 17.1. The number of carboxylic acids is 1. The van der Waals surface area contributed by atoms with Gasteiger partial charge in [-0.25, -0.2) is 4.98 Å². The molecule has 0 bridgehead atoms. The minimum Gasteiger partial charge on any atom is -0.481 e. The largest absolute Gasteiger partial charge is 0.481 e. The summed E-state index contributed by atoms with van der Waals surface area (Å²) < 4.78 is 20.5. The zero-order chi connectivity index (χ0) is 23.7. The summed E-state index contributed by atoms with van der Waals surface area (Å²) in [4.78, 5) is 35.0. The molecule has 0 radical (unpaired) electrons. The third-order valence-corrected chi connectivity index (χ3v) is 5.39. The van der Waals surface area contributed by atoms with Gasteiger partial charge in [-0.2, -0.15) is 14.4 Å². The van der Waals surface area contributed by atoms with Crippen molar-refractivity contribution in [1.29, 1.82) is 0 Å². The maximum atomic E-state index is 13.6. The Hall–Kier alpha value is -3.68. The van der Waals surface area contributed by atoms with Crippen molar-refractivity contribution in [2.24, 2.45) is 5.92 Å². The van der Waals surface area contributed by atoms with Gasteiger partial charge in [0.15, 0.2) is 23.2 Å². The van der Waals surface area contributed by atoms with E-state index in [9.17, 15) is 29.3 Å². The number of aliphatic hydroxyl groups excluding tert-OH is 2. The molecule has 1 unspecified atom stereocenters. The molecule has 3 heterocycles. The Morgan fingerprint density at radius 3 is 2.64 bits per heavy atom. The molecule has 3 aromatic rings. The number of nitrogens with one attached hydrogen (secondary N) is 1. The molecule has 0 saturated carbocycles. The van der Waals surface area contributed by atoms with E-state index < -0.39 is 48.4 Å². The third-order valence-electron chi connectivity index (χ3n) is 5.39. The number of anilines is 2. The number of aliphatic hydroxyl groups is 2. The standard InChI is InChI=1S/C20H21FN6O6/c21-20-25-16(22)13-17(26-20)27(8-23-13)18-15(30)14(29)11(33-18)6-9(19(31)32)7-12(28)24-10-4-2-1-3-5-10/h1-5,8-9,11,14-15,18,29-30H,6-7H2,(H,24,28)(H,31,32)(H2,22,25,26)/t9?,11-,14-,15-,18-/m1/s1. The Morgan fingerprint density at radius 1 is 1.21 bits per heavy atom. The monoisotopic (exact) mass is 460 g/mol. The van der Waals surface area contributed by atoms with Gasteiger partial charge >= 0.3 is 12.0 Å². The smallest absolute Gasteiger partial charge is 0.312 e. The Balaban J connectivity index is 1.49. The van der Waals surface area contributed by atoms with Crippen LogP contribution in [0.25, 0.3) is 11.2 Å². The van der Waals surface area contributed by atoms with Crippen molar-refractivity contribution in [2.75, 3.05) is 11.1 Å². The van der Waals surface area contributed by atoms with Gasteiger partial charge in [0.2, 0.25) is 5.91 Å². The van der Waals surface area contributed by atoms with Crippen molar-refractivity contribution < 1.29 is 34.0 Å². The summed E-state index contributed by atoms with van der Waals surface area (Å²) in [5, 5.41) is 33.2. The van der Waals surface area contributed by atoms with E-state index in [1.54, 1.807) is 30.3 Å². The lowest BCUT2D eigenvalue weighted by Crippen LogP contribution is -2.34. The highest BCUT2D eigenvalue weighted by molar-refractivity contribution is 5.93. The number of amides is 1. The molecule has 1 amide bonds. The summed E-state index contributed by atoms with van der Waals surface area (Å²) in [5.74, 6) is -3.20. The number of hydrogen-bond donors (Lipinski definition) is 5. The lowest BCUT2D eigenvalue weighted by atomic mass is 9.94. The van der Waals surface area contributed by atoms with Crippen molar-refractivity contribution in [3.8, 4) is 0 Å². The first-order valence-corrected chi connectivity index (χ1v) is 9.99. The minimum absolute atomic E-state index is 0.0612. The van der Waals surface area contributed by atoms with Crippen molar-refractivity contribution in [2.45, 2.75) is 37.4 Å². The summed E-state index contributed by atoms with van der Waals surface area (Å²) in [6, 6.07) is 8.53. The third kappa shape index (κ3) is 4.60. The van der Waals surface area contributed by atoms with Gasteiger partial charge in [0.05, 0.1) is 18.3 Å². The number of rotatable bonds is 7. The molecule has 0 spiro atoms. The van der Waals surface area contributed by atoms with E-state index in [-0.39, 0.29) is 29.8 Å². The van der Waals surface area contributed by atoms with Crippen molar-refractivity contribution in [3.63, 3.8) is 0 Å². The maximum absolute atomic E-state index is 13.6. The number of aromatic nitrogens is 4. The molecule has 4 rings (SSSR count). The highest BCUT2D eigenvalue weighted by atomic mass is 19.1. The minimum atomic E-state index is -1.50. The molecular weight excluding hydrogens is 439 g/mol. The molecule has 13 heteroatoms. The van der Waals surface area contributed by atoms with Crippen LogP contribution in [-0.2, 0) is 14.3 Å². The first-order chi connectivity index (χ1) is 15.7. The van der Waals surface area contributed by atoms with Crippen LogP contribution in [0.5, 0.6) is 0 Å². The van der Waals surface area contributed by atoms with Crippen LogP contribution in [0.15, 0.2) is 36.7 Å². The Bertz CT molecular complexity index is 1170. The number of nitrogens with zero attached hydrogens (tertiary/aromatic N) is 4. The molecule has 33 heavy (non-hydrogen) atoms. The number of hydrogen-bond acceptors (Lipinski definition) is 9. The SMILES string of the molecule is Nc1nc(F)nc2c1ncn2[C@@H]1O[C@H](CC(CC(=O)Nc2ccccc2)C(=O)O)[C@@H](O)[C@H]1O. The fourth-order valence-electron chi connectivity index (χ4n) is 3.76. The summed E-state index contributed by atoms with van der Waals surface area (Å²) in [6.45, 7) is 0. The zero-order valence-corrected chi connectivity index (χ0v) is 17.1. The number of carboxylic acid groups (broad SMARTS) is 1. The predicted octanol–water partition coefficient (Wildman–Crippen LogP) is 0.286.